The normalized spacial score (nSPS) is 16.6. The molecular weight excluding hydrogens is 205 g/mol. The van der Waals surface area contributed by atoms with Crippen molar-refractivity contribution in [1.82, 2.24) is 0 Å². The van der Waals surface area contributed by atoms with E-state index in [1.807, 2.05) is 0 Å². The lowest BCUT2D eigenvalue weighted by molar-refractivity contribution is -0.141. The Morgan fingerprint density at radius 3 is 2.31 bits per heavy atom. The van der Waals surface area contributed by atoms with Crippen molar-refractivity contribution >= 4 is 13.8 Å². The van der Waals surface area contributed by atoms with Crippen LogP contribution in [0.5, 0.6) is 0 Å². The van der Waals surface area contributed by atoms with Crippen molar-refractivity contribution in [3.63, 3.8) is 0 Å². The van der Waals surface area contributed by atoms with Crippen LogP contribution in [-0.4, -0.2) is 44.7 Å². The maximum absolute atomic E-state index is 10.1. The molecule has 13 heavy (non-hydrogen) atoms. The Kier molecular flexibility index (Phi) is 4.48. The molecule has 2 atom stereocenters. The van der Waals surface area contributed by atoms with Crippen LogP contribution in [0.2, 0.25) is 0 Å². The van der Waals surface area contributed by atoms with Crippen molar-refractivity contribution in [2.75, 3.05) is 6.61 Å². The third kappa shape index (κ3) is 5.69. The molecule has 0 fully saturated rings. The Morgan fingerprint density at radius 1 is 1.54 bits per heavy atom. The first kappa shape index (κ1) is 12.5. The van der Waals surface area contributed by atoms with Gasteiger partial charge in [-0.05, 0) is 0 Å². The highest BCUT2D eigenvalue weighted by atomic mass is 31.2. The summed E-state index contributed by atoms with van der Waals surface area (Å²) >= 11 is 0. The lowest BCUT2D eigenvalue weighted by Gasteiger charge is -2.14. The summed E-state index contributed by atoms with van der Waals surface area (Å²) in [5, 5.41) is 17.1. The van der Waals surface area contributed by atoms with Crippen molar-refractivity contribution in [1.29, 1.82) is 0 Å². The third-order valence-corrected chi connectivity index (χ3v) is 1.60. The maximum atomic E-state index is 10.1. The molecule has 0 unspecified atom stereocenters. The van der Waals surface area contributed by atoms with Gasteiger partial charge in [0.05, 0.1) is 6.61 Å². The second kappa shape index (κ2) is 4.66. The Morgan fingerprint density at radius 2 is 2.00 bits per heavy atom. The molecular formula is C4H10NO7P. The van der Waals surface area contributed by atoms with Crippen LogP contribution in [0.15, 0.2) is 0 Å². The lowest BCUT2D eigenvalue weighted by atomic mass is 10.2. The van der Waals surface area contributed by atoms with Crippen LogP contribution in [0.3, 0.4) is 0 Å². The van der Waals surface area contributed by atoms with Crippen LogP contribution in [0.1, 0.15) is 0 Å². The summed E-state index contributed by atoms with van der Waals surface area (Å²) in [5.74, 6) is -1.48. The average Bonchev–Trinajstić information content (AvgIpc) is 1.97. The van der Waals surface area contributed by atoms with Crippen LogP contribution in [0.25, 0.3) is 0 Å². The molecule has 0 radical (unpaired) electrons. The summed E-state index contributed by atoms with van der Waals surface area (Å²) in [6.45, 7) is -0.836. The van der Waals surface area contributed by atoms with Gasteiger partial charge in [-0.3, -0.25) is 9.32 Å². The van der Waals surface area contributed by atoms with Gasteiger partial charge in [0, 0.05) is 0 Å². The van der Waals surface area contributed by atoms with Gasteiger partial charge in [-0.1, -0.05) is 0 Å². The van der Waals surface area contributed by atoms with E-state index < -0.39 is 32.5 Å². The number of nitrogens with two attached hydrogens (primary N) is 1. The molecule has 0 saturated heterocycles. The molecule has 0 aliphatic heterocycles. The van der Waals surface area contributed by atoms with Gasteiger partial charge in [-0.2, -0.15) is 0 Å². The monoisotopic (exact) mass is 215 g/mol. The number of aliphatic hydroxyl groups is 1. The second-order valence-electron chi connectivity index (χ2n) is 2.22. The van der Waals surface area contributed by atoms with Crippen molar-refractivity contribution in [2.24, 2.45) is 5.73 Å². The zero-order chi connectivity index (χ0) is 10.6. The van der Waals surface area contributed by atoms with Crippen LogP contribution in [0.4, 0.5) is 0 Å². The summed E-state index contributed by atoms with van der Waals surface area (Å²) in [5.41, 5.74) is 4.91. The Hall–Kier alpha value is -0.500. The van der Waals surface area contributed by atoms with E-state index in [4.69, 9.17) is 25.7 Å². The number of aliphatic carboxylic acids is 1. The van der Waals surface area contributed by atoms with Gasteiger partial charge in [0.1, 0.15) is 12.1 Å². The molecule has 0 aliphatic rings. The fourth-order valence-electron chi connectivity index (χ4n) is 0.442. The van der Waals surface area contributed by atoms with Crippen molar-refractivity contribution in [3.05, 3.63) is 0 Å². The maximum Gasteiger partial charge on any atom is 0.469 e. The van der Waals surface area contributed by atoms with E-state index in [-0.39, 0.29) is 0 Å². The molecule has 0 aromatic rings. The van der Waals surface area contributed by atoms with Crippen molar-refractivity contribution in [3.8, 4) is 0 Å². The minimum Gasteiger partial charge on any atom is -0.480 e. The molecule has 0 bridgehead atoms. The van der Waals surface area contributed by atoms with Gasteiger partial charge in [0.2, 0.25) is 0 Å². The van der Waals surface area contributed by atoms with Gasteiger partial charge < -0.3 is 25.7 Å². The van der Waals surface area contributed by atoms with Gasteiger partial charge in [-0.15, -0.1) is 0 Å². The number of carboxylic acids is 1. The predicted molar refractivity (Wildman–Crippen MR) is 39.6 cm³/mol. The van der Waals surface area contributed by atoms with E-state index in [9.17, 15) is 9.36 Å². The van der Waals surface area contributed by atoms with Crippen LogP contribution in [-0.2, 0) is 13.9 Å². The largest absolute Gasteiger partial charge is 0.480 e. The van der Waals surface area contributed by atoms with Crippen LogP contribution < -0.4 is 5.73 Å². The molecule has 0 aromatic heterocycles. The molecule has 0 heterocycles. The first-order chi connectivity index (χ1) is 5.74. The van der Waals surface area contributed by atoms with Crippen molar-refractivity contribution in [2.45, 2.75) is 12.1 Å². The molecule has 0 spiro atoms. The molecule has 0 rings (SSSR count). The van der Waals surface area contributed by atoms with E-state index >= 15 is 0 Å². The van der Waals surface area contributed by atoms with E-state index in [2.05, 4.69) is 4.52 Å². The Balaban J connectivity index is 3.95. The van der Waals surface area contributed by atoms with E-state index in [0.29, 0.717) is 0 Å². The van der Waals surface area contributed by atoms with E-state index in [1.54, 1.807) is 0 Å². The number of hydrogen-bond donors (Lipinski definition) is 5. The number of phosphoric ester groups is 1. The highest BCUT2D eigenvalue weighted by Crippen LogP contribution is 2.35. The molecule has 6 N–H and O–H groups in total. The zero-order valence-electron chi connectivity index (χ0n) is 6.40. The fourth-order valence-corrected chi connectivity index (χ4v) is 0.789. The SMILES string of the molecule is N[C@H](C(=O)O)[C@H](O)COP(=O)(O)O. The highest BCUT2D eigenvalue weighted by molar-refractivity contribution is 7.46. The molecule has 0 aliphatic carbocycles. The van der Waals surface area contributed by atoms with Crippen LogP contribution >= 0.6 is 7.82 Å². The Bertz CT molecular complexity index is 225. The smallest absolute Gasteiger partial charge is 0.469 e. The van der Waals surface area contributed by atoms with Crippen LogP contribution in [0, 0.1) is 0 Å². The number of carboxylic acid groups (broad SMARTS) is 1. The standard InChI is InChI=1S/C4H10NO7P/c5-3(4(7)8)2(6)1-12-13(9,10)11/h2-3,6H,1,5H2,(H,7,8)(H2,9,10,11)/t2-,3+/m1/s1. The number of aliphatic hydroxyl groups excluding tert-OH is 1. The molecule has 78 valence electrons. The quantitative estimate of drug-likeness (QED) is 0.326. The first-order valence-electron chi connectivity index (χ1n) is 3.10. The van der Waals surface area contributed by atoms with Gasteiger partial charge in [-0.25, -0.2) is 4.57 Å². The molecule has 9 heteroatoms. The minimum atomic E-state index is -4.70. The van der Waals surface area contributed by atoms with E-state index in [0.717, 1.165) is 0 Å². The number of hydrogen-bond acceptors (Lipinski definition) is 5. The number of carbonyl (C=O) groups is 1. The molecule has 8 nitrogen and oxygen atoms in total. The lowest BCUT2D eigenvalue weighted by Crippen LogP contribution is -2.44. The molecule has 0 saturated carbocycles. The minimum absolute atomic E-state index is 0.836. The summed E-state index contributed by atoms with van der Waals surface area (Å²) in [6, 6.07) is -1.63. The number of phosphoric acid groups is 1. The summed E-state index contributed by atoms with van der Waals surface area (Å²) in [4.78, 5) is 26.5. The van der Waals surface area contributed by atoms with Gasteiger partial charge >= 0.3 is 13.8 Å². The first-order valence-corrected chi connectivity index (χ1v) is 4.63. The number of rotatable bonds is 5. The van der Waals surface area contributed by atoms with Gasteiger partial charge in [0.15, 0.2) is 0 Å². The van der Waals surface area contributed by atoms with Gasteiger partial charge in [0.25, 0.3) is 0 Å². The second-order valence-corrected chi connectivity index (χ2v) is 3.46. The third-order valence-electron chi connectivity index (χ3n) is 1.11. The molecule has 0 aromatic carbocycles. The topological polar surface area (TPSA) is 150 Å². The summed E-state index contributed by atoms with van der Waals surface area (Å²) < 4.78 is 13.9. The predicted octanol–water partition coefficient (Wildman–Crippen LogP) is -2.13. The van der Waals surface area contributed by atoms with E-state index in [1.165, 1.54) is 0 Å². The zero-order valence-corrected chi connectivity index (χ0v) is 7.29. The highest BCUT2D eigenvalue weighted by Gasteiger charge is 2.25. The average molecular weight is 215 g/mol. The van der Waals surface area contributed by atoms with Crippen molar-refractivity contribution < 1.29 is 33.9 Å². The Labute approximate surface area is 73.2 Å². The summed E-state index contributed by atoms with van der Waals surface area (Å²) in [6.07, 6.45) is -1.66. The fraction of sp³-hybridized carbons (Fsp3) is 0.750. The summed E-state index contributed by atoms with van der Waals surface area (Å²) in [7, 11) is -4.70. The molecule has 0 amide bonds.